The molecule has 3 heterocycles. The SMILES string of the molecule is Cc1cc(C)nc(N2CC[C@H](c3c(C(N)=O)sc4ccccc34)C2)n1. The summed E-state index contributed by atoms with van der Waals surface area (Å²) in [5.74, 6) is 0.709. The molecule has 2 N–H and O–H groups in total. The van der Waals surface area contributed by atoms with Crippen molar-refractivity contribution in [1.29, 1.82) is 0 Å². The first-order chi connectivity index (χ1) is 12.0. The van der Waals surface area contributed by atoms with Gasteiger partial charge in [-0.2, -0.15) is 0 Å². The lowest BCUT2D eigenvalue weighted by Gasteiger charge is -2.17. The second kappa shape index (κ2) is 6.11. The Morgan fingerprint density at radius 2 is 1.96 bits per heavy atom. The van der Waals surface area contributed by atoms with Crippen molar-refractivity contribution >= 4 is 33.3 Å². The van der Waals surface area contributed by atoms with Crippen molar-refractivity contribution in [2.45, 2.75) is 26.2 Å². The average molecular weight is 352 g/mol. The molecule has 1 fully saturated rings. The third-order valence-electron chi connectivity index (χ3n) is 4.71. The summed E-state index contributed by atoms with van der Waals surface area (Å²) < 4.78 is 1.12. The summed E-state index contributed by atoms with van der Waals surface area (Å²) in [6.07, 6.45) is 0.970. The third kappa shape index (κ3) is 2.87. The van der Waals surface area contributed by atoms with Crippen LogP contribution in [0.3, 0.4) is 0 Å². The van der Waals surface area contributed by atoms with Crippen molar-refractivity contribution < 1.29 is 4.79 Å². The van der Waals surface area contributed by atoms with E-state index in [1.807, 2.05) is 32.0 Å². The first-order valence-electron chi connectivity index (χ1n) is 8.41. The van der Waals surface area contributed by atoms with Gasteiger partial charge in [-0.3, -0.25) is 4.79 Å². The second-order valence-corrected chi connectivity index (χ2v) is 7.64. The van der Waals surface area contributed by atoms with E-state index in [-0.39, 0.29) is 11.8 Å². The van der Waals surface area contributed by atoms with Crippen LogP contribution in [0.15, 0.2) is 30.3 Å². The lowest BCUT2D eigenvalue weighted by molar-refractivity contribution is 0.100. The number of benzene rings is 1. The molecule has 5 nitrogen and oxygen atoms in total. The molecule has 0 radical (unpaired) electrons. The van der Waals surface area contributed by atoms with E-state index in [0.717, 1.165) is 52.5 Å². The van der Waals surface area contributed by atoms with Gasteiger partial charge in [0.15, 0.2) is 0 Å². The quantitative estimate of drug-likeness (QED) is 0.784. The molecule has 0 bridgehead atoms. The van der Waals surface area contributed by atoms with Gasteiger partial charge < -0.3 is 10.6 Å². The van der Waals surface area contributed by atoms with Gasteiger partial charge in [0.25, 0.3) is 5.91 Å². The standard InChI is InChI=1S/C19H20N4OS/c1-11-9-12(2)22-19(21-11)23-8-7-13(10-23)16-14-5-3-4-6-15(14)25-17(16)18(20)24/h3-6,9,13H,7-8,10H2,1-2H3,(H2,20,24)/t13-/m0/s1. The van der Waals surface area contributed by atoms with Gasteiger partial charge in [-0.25, -0.2) is 9.97 Å². The van der Waals surface area contributed by atoms with E-state index >= 15 is 0 Å². The van der Waals surface area contributed by atoms with E-state index in [9.17, 15) is 4.79 Å². The van der Waals surface area contributed by atoms with Gasteiger partial charge in [0.2, 0.25) is 5.95 Å². The lowest BCUT2D eigenvalue weighted by Crippen LogP contribution is -2.22. The number of aryl methyl sites for hydroxylation is 2. The van der Waals surface area contributed by atoms with Gasteiger partial charge in [0, 0.05) is 35.1 Å². The molecule has 4 rings (SSSR count). The lowest BCUT2D eigenvalue weighted by atomic mass is 9.95. The maximum atomic E-state index is 12.0. The van der Waals surface area contributed by atoms with Crippen LogP contribution in [0.4, 0.5) is 5.95 Å². The Labute approximate surface area is 150 Å². The van der Waals surface area contributed by atoms with Gasteiger partial charge in [0.1, 0.15) is 0 Å². The van der Waals surface area contributed by atoms with Crippen LogP contribution in [0.1, 0.15) is 39.0 Å². The monoisotopic (exact) mass is 352 g/mol. The van der Waals surface area contributed by atoms with Crippen LogP contribution in [0, 0.1) is 13.8 Å². The highest BCUT2D eigenvalue weighted by Gasteiger charge is 2.31. The summed E-state index contributed by atoms with van der Waals surface area (Å²) in [6.45, 7) is 5.67. The Morgan fingerprint density at radius 1 is 1.24 bits per heavy atom. The summed E-state index contributed by atoms with van der Waals surface area (Å²) >= 11 is 1.50. The van der Waals surface area contributed by atoms with E-state index in [1.165, 1.54) is 11.3 Å². The fourth-order valence-corrected chi connectivity index (χ4v) is 4.82. The average Bonchev–Trinajstić information content (AvgIpc) is 3.18. The molecule has 1 saturated heterocycles. The first kappa shape index (κ1) is 16.0. The fraction of sp³-hybridized carbons (Fsp3) is 0.316. The zero-order chi connectivity index (χ0) is 17.6. The molecule has 1 amide bonds. The highest BCUT2D eigenvalue weighted by atomic mass is 32.1. The molecule has 0 aliphatic carbocycles. The van der Waals surface area contributed by atoms with Gasteiger partial charge in [-0.1, -0.05) is 18.2 Å². The van der Waals surface area contributed by atoms with Crippen LogP contribution in [0.5, 0.6) is 0 Å². The van der Waals surface area contributed by atoms with E-state index in [2.05, 4.69) is 27.0 Å². The second-order valence-electron chi connectivity index (χ2n) is 6.59. The minimum Gasteiger partial charge on any atom is -0.365 e. The van der Waals surface area contributed by atoms with E-state index in [4.69, 9.17) is 5.73 Å². The van der Waals surface area contributed by atoms with Crippen molar-refractivity contribution in [2.75, 3.05) is 18.0 Å². The number of carbonyl (C=O) groups excluding carboxylic acids is 1. The summed E-state index contributed by atoms with van der Waals surface area (Å²) in [5.41, 5.74) is 8.72. The normalized spacial score (nSPS) is 17.4. The van der Waals surface area contributed by atoms with E-state index in [0.29, 0.717) is 4.88 Å². The maximum Gasteiger partial charge on any atom is 0.259 e. The molecule has 3 aromatic rings. The molecule has 2 aromatic heterocycles. The number of thiophene rings is 1. The Bertz CT molecular complexity index is 945. The molecule has 0 unspecified atom stereocenters. The number of nitrogens with two attached hydrogens (primary N) is 1. The Morgan fingerprint density at radius 3 is 2.68 bits per heavy atom. The highest BCUT2D eigenvalue weighted by molar-refractivity contribution is 7.21. The minimum atomic E-state index is -0.336. The Balaban J connectivity index is 1.71. The third-order valence-corrected chi connectivity index (χ3v) is 5.91. The van der Waals surface area contributed by atoms with Crippen LogP contribution in [0.25, 0.3) is 10.1 Å². The van der Waals surface area contributed by atoms with E-state index < -0.39 is 0 Å². The number of amides is 1. The molecule has 0 saturated carbocycles. The Kier molecular flexibility index (Phi) is 3.92. The maximum absolute atomic E-state index is 12.0. The number of hydrogen-bond donors (Lipinski definition) is 1. The number of anilines is 1. The summed E-state index contributed by atoms with van der Waals surface area (Å²) in [7, 11) is 0. The summed E-state index contributed by atoms with van der Waals surface area (Å²) in [6, 6.07) is 10.1. The molecule has 6 heteroatoms. The number of carbonyl (C=O) groups is 1. The van der Waals surface area contributed by atoms with Gasteiger partial charge >= 0.3 is 0 Å². The molecule has 25 heavy (non-hydrogen) atoms. The number of fused-ring (bicyclic) bond motifs is 1. The highest BCUT2D eigenvalue weighted by Crippen LogP contribution is 2.40. The smallest absolute Gasteiger partial charge is 0.259 e. The van der Waals surface area contributed by atoms with Gasteiger partial charge in [-0.05, 0) is 43.4 Å². The van der Waals surface area contributed by atoms with Crippen LogP contribution in [-0.2, 0) is 0 Å². The molecule has 128 valence electrons. The molecule has 1 aliphatic rings. The molecule has 1 aliphatic heterocycles. The molecular formula is C19H20N4OS. The number of nitrogens with zero attached hydrogens (tertiary/aromatic N) is 3. The predicted octanol–water partition coefficient (Wildman–Crippen LogP) is 3.40. The summed E-state index contributed by atoms with van der Waals surface area (Å²) in [4.78, 5) is 24.0. The zero-order valence-electron chi connectivity index (χ0n) is 14.3. The van der Waals surface area contributed by atoms with Crippen molar-refractivity contribution in [1.82, 2.24) is 9.97 Å². The first-order valence-corrected chi connectivity index (χ1v) is 9.23. The largest absolute Gasteiger partial charge is 0.365 e. The molecular weight excluding hydrogens is 332 g/mol. The fourth-order valence-electron chi connectivity index (χ4n) is 3.68. The van der Waals surface area contributed by atoms with Crippen LogP contribution < -0.4 is 10.6 Å². The minimum absolute atomic E-state index is 0.267. The van der Waals surface area contributed by atoms with Gasteiger partial charge in [0.05, 0.1) is 4.88 Å². The zero-order valence-corrected chi connectivity index (χ0v) is 15.1. The van der Waals surface area contributed by atoms with Crippen molar-refractivity contribution in [3.05, 3.63) is 52.2 Å². The molecule has 1 atom stereocenters. The molecule has 0 spiro atoms. The summed E-state index contributed by atoms with van der Waals surface area (Å²) in [5, 5.41) is 1.15. The number of aromatic nitrogens is 2. The van der Waals surface area contributed by atoms with Crippen molar-refractivity contribution in [3.8, 4) is 0 Å². The van der Waals surface area contributed by atoms with E-state index in [1.54, 1.807) is 0 Å². The Hall–Kier alpha value is -2.47. The topological polar surface area (TPSA) is 72.1 Å². The number of rotatable bonds is 3. The van der Waals surface area contributed by atoms with Crippen LogP contribution in [0.2, 0.25) is 0 Å². The van der Waals surface area contributed by atoms with Crippen LogP contribution >= 0.6 is 11.3 Å². The predicted molar refractivity (Wildman–Crippen MR) is 101 cm³/mol. The van der Waals surface area contributed by atoms with Crippen molar-refractivity contribution in [3.63, 3.8) is 0 Å². The number of hydrogen-bond acceptors (Lipinski definition) is 5. The van der Waals surface area contributed by atoms with Gasteiger partial charge in [-0.15, -0.1) is 11.3 Å². The van der Waals surface area contributed by atoms with Crippen molar-refractivity contribution in [2.24, 2.45) is 5.73 Å². The van der Waals surface area contributed by atoms with Crippen LogP contribution in [-0.4, -0.2) is 29.0 Å². The number of primary amides is 1. The molecule has 1 aromatic carbocycles.